The maximum absolute atomic E-state index is 13.5. The van der Waals surface area contributed by atoms with E-state index in [1.54, 1.807) is 30.6 Å². The number of rotatable bonds is 7. The zero-order valence-corrected chi connectivity index (χ0v) is 18.4. The SMILES string of the molecule is CCN(Cc1sccc1OC)C1(Cc2ccc(F)cc2)CCOC2(CCCC2)C1. The molecule has 5 heteroatoms. The summed E-state index contributed by atoms with van der Waals surface area (Å²) < 4.78 is 25.5. The lowest BCUT2D eigenvalue weighted by Crippen LogP contribution is -2.58. The van der Waals surface area contributed by atoms with Gasteiger partial charge in [-0.2, -0.15) is 0 Å². The first-order valence-corrected chi connectivity index (χ1v) is 11.7. The zero-order valence-electron chi connectivity index (χ0n) is 17.6. The van der Waals surface area contributed by atoms with Crippen LogP contribution in [0.4, 0.5) is 4.39 Å². The van der Waals surface area contributed by atoms with Crippen molar-refractivity contribution in [2.24, 2.45) is 0 Å². The van der Waals surface area contributed by atoms with Crippen LogP contribution in [-0.2, 0) is 17.7 Å². The van der Waals surface area contributed by atoms with E-state index in [1.165, 1.54) is 23.3 Å². The van der Waals surface area contributed by atoms with Gasteiger partial charge in [-0.3, -0.25) is 4.90 Å². The summed E-state index contributed by atoms with van der Waals surface area (Å²) in [5.74, 6) is 0.811. The number of thiophene rings is 1. The van der Waals surface area contributed by atoms with Gasteiger partial charge >= 0.3 is 0 Å². The number of nitrogens with zero attached hydrogens (tertiary/aromatic N) is 1. The minimum absolute atomic E-state index is 0.0180. The monoisotopic (exact) mass is 417 g/mol. The van der Waals surface area contributed by atoms with Gasteiger partial charge in [0.2, 0.25) is 0 Å². The molecule has 2 aromatic rings. The molecule has 2 fully saturated rings. The maximum atomic E-state index is 13.5. The lowest BCUT2D eigenvalue weighted by molar-refractivity contribution is -0.137. The standard InChI is InChI=1S/C24H32FNO2S/c1-3-26(17-22-21(27-2)10-15-29-22)23(16-19-6-8-20(25)9-7-19)13-14-28-24(18-23)11-4-5-12-24/h6-10,15H,3-5,11-14,16-18H2,1-2H3. The Bertz CT molecular complexity index is 799. The molecule has 1 unspecified atom stereocenters. The third-order valence-electron chi connectivity index (χ3n) is 6.90. The van der Waals surface area contributed by atoms with Crippen LogP contribution >= 0.6 is 11.3 Å². The molecule has 1 atom stereocenters. The van der Waals surface area contributed by atoms with E-state index >= 15 is 0 Å². The van der Waals surface area contributed by atoms with Crippen LogP contribution in [0.15, 0.2) is 35.7 Å². The minimum Gasteiger partial charge on any atom is -0.496 e. The van der Waals surface area contributed by atoms with Gasteiger partial charge in [0.15, 0.2) is 0 Å². The van der Waals surface area contributed by atoms with E-state index in [-0.39, 0.29) is 17.0 Å². The summed E-state index contributed by atoms with van der Waals surface area (Å²) in [4.78, 5) is 3.91. The molecule has 1 saturated heterocycles. The topological polar surface area (TPSA) is 21.7 Å². The molecule has 0 bridgehead atoms. The summed E-state index contributed by atoms with van der Waals surface area (Å²) in [6.07, 6.45) is 7.84. The van der Waals surface area contributed by atoms with Gasteiger partial charge in [0.05, 0.1) is 17.6 Å². The van der Waals surface area contributed by atoms with Crippen LogP contribution < -0.4 is 4.74 Å². The first kappa shape index (κ1) is 20.8. The molecule has 1 saturated carbocycles. The third-order valence-corrected chi connectivity index (χ3v) is 7.79. The molecule has 0 amide bonds. The predicted octanol–water partition coefficient (Wildman–Crippen LogP) is 5.82. The zero-order chi connectivity index (χ0) is 20.3. The molecule has 158 valence electrons. The average molecular weight is 418 g/mol. The van der Waals surface area contributed by atoms with Crippen molar-refractivity contribution in [3.63, 3.8) is 0 Å². The number of ether oxygens (including phenoxy) is 2. The first-order chi connectivity index (χ1) is 14.1. The van der Waals surface area contributed by atoms with Crippen LogP contribution in [0.2, 0.25) is 0 Å². The van der Waals surface area contributed by atoms with Gasteiger partial charge in [-0.05, 0) is 67.8 Å². The van der Waals surface area contributed by atoms with Crippen molar-refractivity contribution >= 4 is 11.3 Å². The number of benzene rings is 1. The number of methoxy groups -OCH3 is 1. The van der Waals surface area contributed by atoms with Crippen molar-refractivity contribution in [3.05, 3.63) is 52.0 Å². The quantitative estimate of drug-likeness (QED) is 0.566. The fourth-order valence-electron chi connectivity index (χ4n) is 5.47. The van der Waals surface area contributed by atoms with E-state index in [0.717, 1.165) is 57.6 Å². The number of halogens is 1. The molecule has 0 N–H and O–H groups in total. The molecular weight excluding hydrogens is 385 g/mol. The molecule has 3 nitrogen and oxygen atoms in total. The van der Waals surface area contributed by atoms with E-state index in [1.807, 2.05) is 12.1 Å². The maximum Gasteiger partial charge on any atom is 0.134 e. The highest BCUT2D eigenvalue weighted by Gasteiger charge is 2.49. The third kappa shape index (κ3) is 4.37. The fraction of sp³-hybridized carbons (Fsp3) is 0.583. The van der Waals surface area contributed by atoms with Crippen LogP contribution in [0.5, 0.6) is 5.75 Å². The Morgan fingerprint density at radius 3 is 2.59 bits per heavy atom. The van der Waals surface area contributed by atoms with Crippen molar-refractivity contribution in [1.29, 1.82) is 0 Å². The molecule has 2 aliphatic rings. The van der Waals surface area contributed by atoms with E-state index in [2.05, 4.69) is 23.3 Å². The average Bonchev–Trinajstić information content (AvgIpc) is 3.37. The van der Waals surface area contributed by atoms with Gasteiger partial charge in [0.25, 0.3) is 0 Å². The molecular formula is C24H32FNO2S. The lowest BCUT2D eigenvalue weighted by atomic mass is 9.74. The van der Waals surface area contributed by atoms with Crippen LogP contribution in [0.25, 0.3) is 0 Å². The smallest absolute Gasteiger partial charge is 0.134 e. The molecule has 4 rings (SSSR count). The van der Waals surface area contributed by atoms with Crippen LogP contribution in [0.1, 0.15) is 55.9 Å². The second kappa shape index (κ2) is 8.75. The Morgan fingerprint density at radius 2 is 1.90 bits per heavy atom. The summed E-state index contributed by atoms with van der Waals surface area (Å²) in [5, 5.41) is 2.11. The van der Waals surface area contributed by atoms with Gasteiger partial charge in [0, 0.05) is 18.7 Å². The van der Waals surface area contributed by atoms with Gasteiger partial charge in [-0.15, -0.1) is 11.3 Å². The molecule has 1 aromatic carbocycles. The first-order valence-electron chi connectivity index (χ1n) is 10.8. The Morgan fingerprint density at radius 1 is 1.14 bits per heavy atom. The molecule has 1 spiro atoms. The largest absolute Gasteiger partial charge is 0.496 e. The van der Waals surface area contributed by atoms with Gasteiger partial charge in [0.1, 0.15) is 11.6 Å². The molecule has 1 aliphatic heterocycles. The van der Waals surface area contributed by atoms with Gasteiger partial charge < -0.3 is 9.47 Å². The highest BCUT2D eigenvalue weighted by atomic mass is 32.1. The van der Waals surface area contributed by atoms with Crippen molar-refractivity contribution in [3.8, 4) is 5.75 Å². The van der Waals surface area contributed by atoms with Crippen LogP contribution in [-0.4, -0.2) is 36.3 Å². The van der Waals surface area contributed by atoms with Crippen molar-refractivity contribution in [1.82, 2.24) is 4.90 Å². The lowest BCUT2D eigenvalue weighted by Gasteiger charge is -2.52. The van der Waals surface area contributed by atoms with Crippen LogP contribution in [0, 0.1) is 5.82 Å². The second-order valence-corrected chi connectivity index (χ2v) is 9.62. The number of likely N-dealkylation sites (N-methyl/N-ethyl adjacent to an activating group) is 1. The summed E-state index contributed by atoms with van der Waals surface area (Å²) in [7, 11) is 1.75. The molecule has 0 radical (unpaired) electrons. The number of hydrogen-bond acceptors (Lipinski definition) is 4. The Hall–Kier alpha value is -1.43. The molecule has 1 aliphatic carbocycles. The van der Waals surface area contributed by atoms with E-state index < -0.39 is 0 Å². The highest BCUT2D eigenvalue weighted by Crippen LogP contribution is 2.47. The molecule has 2 heterocycles. The van der Waals surface area contributed by atoms with Gasteiger partial charge in [-0.25, -0.2) is 4.39 Å². The van der Waals surface area contributed by atoms with Crippen molar-refractivity contribution in [2.75, 3.05) is 20.3 Å². The van der Waals surface area contributed by atoms with Crippen molar-refractivity contribution in [2.45, 2.75) is 69.6 Å². The molecule has 29 heavy (non-hydrogen) atoms. The second-order valence-electron chi connectivity index (χ2n) is 8.62. The van der Waals surface area contributed by atoms with E-state index in [0.29, 0.717) is 0 Å². The Kier molecular flexibility index (Phi) is 6.28. The summed E-state index contributed by atoms with van der Waals surface area (Å²) >= 11 is 1.77. The van der Waals surface area contributed by atoms with Crippen molar-refractivity contribution < 1.29 is 13.9 Å². The Labute approximate surface area is 177 Å². The van der Waals surface area contributed by atoms with Crippen LogP contribution in [0.3, 0.4) is 0 Å². The van der Waals surface area contributed by atoms with E-state index in [4.69, 9.17) is 9.47 Å². The summed E-state index contributed by atoms with van der Waals surface area (Å²) in [5.41, 5.74) is 1.24. The number of hydrogen-bond donors (Lipinski definition) is 0. The molecule has 1 aromatic heterocycles. The minimum atomic E-state index is -0.169. The summed E-state index contributed by atoms with van der Waals surface area (Å²) in [6, 6.07) is 9.14. The highest BCUT2D eigenvalue weighted by molar-refractivity contribution is 7.10. The fourth-order valence-corrected chi connectivity index (χ4v) is 6.32. The Balaban J connectivity index is 1.66. The van der Waals surface area contributed by atoms with Gasteiger partial charge in [-0.1, -0.05) is 31.9 Å². The normalized spacial score (nSPS) is 23.7. The van der Waals surface area contributed by atoms with E-state index in [9.17, 15) is 4.39 Å². The predicted molar refractivity (Wildman–Crippen MR) is 116 cm³/mol. The summed E-state index contributed by atoms with van der Waals surface area (Å²) in [6.45, 7) is 4.91.